The van der Waals surface area contributed by atoms with E-state index >= 15 is 0 Å². The molecule has 1 aliphatic heterocycles. The van der Waals surface area contributed by atoms with Gasteiger partial charge in [-0.15, -0.1) is 24.0 Å². The zero-order valence-corrected chi connectivity index (χ0v) is 17.1. The molecule has 9 heteroatoms. The molecule has 1 saturated heterocycles. The highest BCUT2D eigenvalue weighted by Crippen LogP contribution is 2.27. The molecule has 1 saturated carbocycles. The first-order chi connectivity index (χ1) is 11.5. The standard InChI is InChI=1S/C16H23FN4O2S.HI/c17-14-9-13(11-20-16(18)19-10-12-3-1-4-12)5-6-15(14)21-7-2-8-24(21,22)23;/h5-6,9,12H,1-4,7-8,10-11H2,(H3,18,19,20);1H. The van der Waals surface area contributed by atoms with Gasteiger partial charge in [0, 0.05) is 13.1 Å². The number of nitrogens with zero attached hydrogens (tertiary/aromatic N) is 2. The van der Waals surface area contributed by atoms with Gasteiger partial charge < -0.3 is 11.1 Å². The van der Waals surface area contributed by atoms with Crippen molar-refractivity contribution in [3.8, 4) is 0 Å². The van der Waals surface area contributed by atoms with Crippen molar-refractivity contribution in [2.75, 3.05) is 23.1 Å². The predicted octanol–water partition coefficient (Wildman–Crippen LogP) is 2.19. The molecule has 2 aliphatic rings. The molecule has 0 amide bonds. The summed E-state index contributed by atoms with van der Waals surface area (Å²) < 4.78 is 39.2. The first kappa shape index (κ1) is 20.2. The lowest BCUT2D eigenvalue weighted by atomic mass is 9.85. The topological polar surface area (TPSA) is 87.8 Å². The number of nitrogens with two attached hydrogens (primary N) is 1. The van der Waals surface area contributed by atoms with Crippen molar-refractivity contribution >= 4 is 45.6 Å². The van der Waals surface area contributed by atoms with Gasteiger partial charge in [-0.25, -0.2) is 17.8 Å². The van der Waals surface area contributed by atoms with Crippen molar-refractivity contribution in [3.05, 3.63) is 29.6 Å². The highest BCUT2D eigenvalue weighted by Gasteiger charge is 2.30. The van der Waals surface area contributed by atoms with Gasteiger partial charge in [0.25, 0.3) is 0 Å². The molecule has 1 aromatic rings. The van der Waals surface area contributed by atoms with Crippen LogP contribution in [0.3, 0.4) is 0 Å². The minimum atomic E-state index is -3.38. The number of halogens is 2. The lowest BCUT2D eigenvalue weighted by Crippen LogP contribution is -2.37. The molecule has 0 atom stereocenters. The molecule has 3 rings (SSSR count). The summed E-state index contributed by atoms with van der Waals surface area (Å²) in [6.07, 6.45) is 4.26. The van der Waals surface area contributed by atoms with E-state index in [1.807, 2.05) is 0 Å². The normalized spacial score (nSPS) is 20.0. The van der Waals surface area contributed by atoms with Crippen LogP contribution in [0.15, 0.2) is 23.2 Å². The van der Waals surface area contributed by atoms with E-state index in [1.165, 1.54) is 31.4 Å². The van der Waals surface area contributed by atoms with Crippen LogP contribution < -0.4 is 15.4 Å². The second-order valence-corrected chi connectivity index (χ2v) is 8.42. The van der Waals surface area contributed by atoms with Crippen LogP contribution in [0.4, 0.5) is 10.1 Å². The van der Waals surface area contributed by atoms with Gasteiger partial charge in [-0.2, -0.15) is 0 Å². The third-order valence-corrected chi connectivity index (χ3v) is 6.46. The van der Waals surface area contributed by atoms with Crippen LogP contribution >= 0.6 is 24.0 Å². The number of sulfonamides is 1. The van der Waals surface area contributed by atoms with E-state index < -0.39 is 15.8 Å². The monoisotopic (exact) mass is 482 g/mol. The summed E-state index contributed by atoms with van der Waals surface area (Å²) in [6.45, 7) is 1.41. The summed E-state index contributed by atoms with van der Waals surface area (Å²) in [5.74, 6) is 0.558. The molecule has 140 valence electrons. The third kappa shape index (κ3) is 4.96. The maximum atomic E-state index is 14.3. The van der Waals surface area contributed by atoms with Crippen molar-refractivity contribution in [3.63, 3.8) is 0 Å². The molecule has 0 radical (unpaired) electrons. The Morgan fingerprint density at radius 1 is 1.36 bits per heavy atom. The average Bonchev–Trinajstić information content (AvgIpc) is 2.83. The van der Waals surface area contributed by atoms with Gasteiger partial charge in [0.1, 0.15) is 5.82 Å². The van der Waals surface area contributed by atoms with Crippen LogP contribution in [0, 0.1) is 11.7 Å². The fourth-order valence-electron chi connectivity index (χ4n) is 2.94. The molecule has 1 heterocycles. The molecule has 3 N–H and O–H groups in total. The van der Waals surface area contributed by atoms with Crippen LogP contribution in [-0.4, -0.2) is 33.2 Å². The molecule has 0 unspecified atom stereocenters. The van der Waals surface area contributed by atoms with E-state index in [0.29, 0.717) is 30.4 Å². The highest BCUT2D eigenvalue weighted by molar-refractivity contribution is 14.0. The number of hydrogen-bond donors (Lipinski definition) is 2. The maximum Gasteiger partial charge on any atom is 0.235 e. The zero-order valence-electron chi connectivity index (χ0n) is 13.9. The fourth-order valence-corrected chi connectivity index (χ4v) is 4.51. The van der Waals surface area contributed by atoms with Crippen molar-refractivity contribution < 1.29 is 12.8 Å². The Kier molecular flexibility index (Phi) is 6.89. The number of hydrogen-bond acceptors (Lipinski definition) is 3. The molecule has 2 fully saturated rings. The Hall–Kier alpha value is -1.10. The van der Waals surface area contributed by atoms with Crippen LogP contribution in [0.5, 0.6) is 0 Å². The lowest BCUT2D eigenvalue weighted by Gasteiger charge is -2.25. The largest absolute Gasteiger partial charge is 0.370 e. The first-order valence-electron chi connectivity index (χ1n) is 8.28. The Balaban J connectivity index is 0.00000225. The van der Waals surface area contributed by atoms with E-state index in [9.17, 15) is 12.8 Å². The van der Waals surface area contributed by atoms with Gasteiger partial charge in [-0.05, 0) is 42.9 Å². The van der Waals surface area contributed by atoms with Gasteiger partial charge in [-0.3, -0.25) is 4.31 Å². The number of guanidine groups is 1. The van der Waals surface area contributed by atoms with Crippen molar-refractivity contribution in [1.82, 2.24) is 5.32 Å². The van der Waals surface area contributed by atoms with Gasteiger partial charge >= 0.3 is 0 Å². The molecule has 0 spiro atoms. The molecular formula is C16H24FIN4O2S. The van der Waals surface area contributed by atoms with Gasteiger partial charge in [0.15, 0.2) is 5.96 Å². The van der Waals surface area contributed by atoms with E-state index in [0.717, 1.165) is 10.8 Å². The van der Waals surface area contributed by atoms with E-state index in [4.69, 9.17) is 5.73 Å². The number of benzene rings is 1. The second kappa shape index (κ2) is 8.52. The number of aliphatic imine (C=N–C) groups is 1. The van der Waals surface area contributed by atoms with Crippen molar-refractivity contribution in [2.45, 2.75) is 32.2 Å². The Morgan fingerprint density at radius 2 is 2.12 bits per heavy atom. The Labute approximate surface area is 165 Å². The summed E-state index contributed by atoms with van der Waals surface area (Å²) in [5.41, 5.74) is 6.57. The molecular weight excluding hydrogens is 458 g/mol. The average molecular weight is 482 g/mol. The van der Waals surface area contributed by atoms with Crippen molar-refractivity contribution in [2.24, 2.45) is 16.6 Å². The quantitative estimate of drug-likeness (QED) is 0.383. The first-order valence-corrected chi connectivity index (χ1v) is 9.89. The van der Waals surface area contributed by atoms with Crippen molar-refractivity contribution in [1.29, 1.82) is 0 Å². The molecule has 0 aromatic heterocycles. The van der Waals surface area contributed by atoms with Gasteiger partial charge in [0.2, 0.25) is 10.0 Å². The van der Waals surface area contributed by atoms with Crippen LogP contribution in [0.2, 0.25) is 0 Å². The molecule has 6 nitrogen and oxygen atoms in total. The van der Waals surface area contributed by atoms with Crippen LogP contribution in [-0.2, 0) is 16.6 Å². The number of nitrogens with one attached hydrogen (secondary N) is 1. The summed E-state index contributed by atoms with van der Waals surface area (Å²) in [7, 11) is -3.38. The molecule has 0 bridgehead atoms. The van der Waals surface area contributed by atoms with Gasteiger partial charge in [-0.1, -0.05) is 12.5 Å². The Morgan fingerprint density at radius 3 is 2.68 bits per heavy atom. The minimum Gasteiger partial charge on any atom is -0.370 e. The SMILES string of the molecule is I.NC(=NCc1ccc(N2CCCS2(=O)=O)c(F)c1)NCC1CCC1. The maximum absolute atomic E-state index is 14.3. The third-order valence-electron chi connectivity index (χ3n) is 4.61. The highest BCUT2D eigenvalue weighted by atomic mass is 127. The van der Waals surface area contributed by atoms with Gasteiger partial charge in [0.05, 0.1) is 18.0 Å². The summed E-state index contributed by atoms with van der Waals surface area (Å²) in [4.78, 5) is 4.21. The van der Waals surface area contributed by atoms with Crippen LogP contribution in [0.1, 0.15) is 31.2 Å². The zero-order chi connectivity index (χ0) is 17.2. The molecule has 1 aromatic carbocycles. The van der Waals surface area contributed by atoms with E-state index in [1.54, 1.807) is 6.07 Å². The predicted molar refractivity (Wildman–Crippen MR) is 108 cm³/mol. The van der Waals surface area contributed by atoms with E-state index in [2.05, 4.69) is 10.3 Å². The lowest BCUT2D eigenvalue weighted by molar-refractivity contribution is 0.315. The second-order valence-electron chi connectivity index (χ2n) is 6.41. The summed E-state index contributed by atoms with van der Waals surface area (Å²) >= 11 is 0. The molecule has 1 aliphatic carbocycles. The van der Waals surface area contributed by atoms with Crippen LogP contribution in [0.25, 0.3) is 0 Å². The Bertz CT molecular complexity index is 738. The minimum absolute atomic E-state index is 0. The smallest absolute Gasteiger partial charge is 0.235 e. The fraction of sp³-hybridized carbons (Fsp3) is 0.562. The number of rotatable bonds is 5. The summed E-state index contributed by atoms with van der Waals surface area (Å²) in [6, 6.07) is 4.52. The number of anilines is 1. The summed E-state index contributed by atoms with van der Waals surface area (Å²) in [5, 5.41) is 3.08. The van der Waals surface area contributed by atoms with E-state index in [-0.39, 0.29) is 42.0 Å². The molecule has 25 heavy (non-hydrogen) atoms.